The molecule has 1 unspecified atom stereocenters. The summed E-state index contributed by atoms with van der Waals surface area (Å²) in [6, 6.07) is 0. The van der Waals surface area contributed by atoms with Crippen molar-refractivity contribution < 1.29 is 24.5 Å². The van der Waals surface area contributed by atoms with Gasteiger partial charge < -0.3 is 32.4 Å². The van der Waals surface area contributed by atoms with Gasteiger partial charge in [-0.2, -0.15) is 11.8 Å². The van der Waals surface area contributed by atoms with Crippen LogP contribution in [0.25, 0.3) is 0 Å². The lowest BCUT2D eigenvalue weighted by Gasteiger charge is -2.11. The average Bonchev–Trinajstić information content (AvgIpc) is 2.16. The number of ether oxygens (including phenoxy) is 1. The first kappa shape index (κ1) is 14.6. The Labute approximate surface area is 97.6 Å². The SMILES string of the molecule is O=C([S-])CC(O)C(=O)OCCSCCO. The van der Waals surface area contributed by atoms with Crippen molar-refractivity contribution >= 4 is 35.5 Å². The van der Waals surface area contributed by atoms with Gasteiger partial charge in [0.05, 0.1) is 6.61 Å². The van der Waals surface area contributed by atoms with E-state index in [1.807, 2.05) is 0 Å². The molecule has 0 heterocycles. The number of carbonyl (C=O) groups is 2. The maximum absolute atomic E-state index is 11.0. The third-order valence-electron chi connectivity index (χ3n) is 1.34. The van der Waals surface area contributed by atoms with Crippen LogP contribution in [0.3, 0.4) is 0 Å². The molecule has 0 saturated heterocycles. The van der Waals surface area contributed by atoms with Crippen LogP contribution >= 0.6 is 11.8 Å². The van der Waals surface area contributed by atoms with E-state index in [9.17, 15) is 9.59 Å². The Bertz CT molecular complexity index is 209. The van der Waals surface area contributed by atoms with Gasteiger partial charge in [0, 0.05) is 23.0 Å². The van der Waals surface area contributed by atoms with Crippen LogP contribution in [0, 0.1) is 0 Å². The minimum absolute atomic E-state index is 0.0751. The van der Waals surface area contributed by atoms with E-state index in [4.69, 9.17) is 10.2 Å². The van der Waals surface area contributed by atoms with Crippen LogP contribution in [0.4, 0.5) is 0 Å². The topological polar surface area (TPSA) is 83.8 Å². The number of hydrogen-bond donors (Lipinski definition) is 2. The zero-order chi connectivity index (χ0) is 11.7. The number of hydrogen-bond acceptors (Lipinski definition) is 7. The van der Waals surface area contributed by atoms with Gasteiger partial charge in [-0.1, -0.05) is 0 Å². The fourth-order valence-electron chi connectivity index (χ4n) is 0.705. The molecule has 0 aromatic heterocycles. The van der Waals surface area contributed by atoms with E-state index in [2.05, 4.69) is 17.4 Å². The van der Waals surface area contributed by atoms with Crippen LogP contribution in [-0.2, 0) is 27.0 Å². The Morgan fingerprint density at radius 1 is 1.40 bits per heavy atom. The lowest BCUT2D eigenvalue weighted by molar-refractivity contribution is -0.154. The number of aliphatic hydroxyl groups is 2. The molecule has 88 valence electrons. The van der Waals surface area contributed by atoms with E-state index in [0.29, 0.717) is 11.5 Å². The quantitative estimate of drug-likeness (QED) is 0.329. The summed E-state index contributed by atoms with van der Waals surface area (Å²) in [5.74, 6) is 0.281. The van der Waals surface area contributed by atoms with Crippen LogP contribution in [0.5, 0.6) is 0 Å². The number of thioether (sulfide) groups is 1. The molecule has 0 radical (unpaired) electrons. The molecule has 0 amide bonds. The van der Waals surface area contributed by atoms with Gasteiger partial charge in [0.15, 0.2) is 6.10 Å². The molecule has 0 aliphatic carbocycles. The van der Waals surface area contributed by atoms with Crippen LogP contribution in [0.2, 0.25) is 0 Å². The number of esters is 1. The number of carbonyl (C=O) groups excluding carboxylic acids is 2. The molecular formula is C8H13O5S2-. The van der Waals surface area contributed by atoms with Crippen molar-refractivity contribution in [3.8, 4) is 0 Å². The molecule has 0 aromatic rings. The molecule has 2 N–H and O–H groups in total. The lowest BCUT2D eigenvalue weighted by Crippen LogP contribution is -2.26. The van der Waals surface area contributed by atoms with Crippen LogP contribution in [-0.4, -0.2) is 52.1 Å². The second-order valence-electron chi connectivity index (χ2n) is 2.60. The molecule has 1 atom stereocenters. The molecule has 0 fully saturated rings. The van der Waals surface area contributed by atoms with Gasteiger partial charge in [0.1, 0.15) is 6.61 Å². The zero-order valence-corrected chi connectivity index (χ0v) is 9.68. The number of rotatable bonds is 8. The minimum Gasteiger partial charge on any atom is -0.742 e. The van der Waals surface area contributed by atoms with Crippen LogP contribution in [0.15, 0.2) is 0 Å². The molecule has 0 spiro atoms. The highest BCUT2D eigenvalue weighted by Gasteiger charge is 2.15. The summed E-state index contributed by atoms with van der Waals surface area (Å²) < 4.78 is 4.66. The van der Waals surface area contributed by atoms with Gasteiger partial charge in [-0.15, -0.1) is 0 Å². The highest BCUT2D eigenvalue weighted by atomic mass is 32.2. The molecule has 0 aliphatic heterocycles. The average molecular weight is 253 g/mol. The van der Waals surface area contributed by atoms with Gasteiger partial charge in [-0.25, -0.2) is 4.79 Å². The van der Waals surface area contributed by atoms with Gasteiger partial charge in [0.2, 0.25) is 0 Å². The minimum atomic E-state index is -1.46. The second-order valence-corrected chi connectivity index (χ2v) is 4.28. The summed E-state index contributed by atoms with van der Waals surface area (Å²) in [4.78, 5) is 21.4. The third kappa shape index (κ3) is 8.61. The monoisotopic (exact) mass is 253 g/mol. The van der Waals surface area contributed by atoms with Gasteiger partial charge in [-0.05, 0) is 0 Å². The first-order chi connectivity index (χ1) is 7.07. The Hall–Kier alpha value is -0.370. The van der Waals surface area contributed by atoms with Crippen molar-refractivity contribution in [2.75, 3.05) is 24.7 Å². The highest BCUT2D eigenvalue weighted by molar-refractivity contribution is 7.99. The molecule has 15 heavy (non-hydrogen) atoms. The second kappa shape index (κ2) is 8.90. The van der Waals surface area contributed by atoms with E-state index in [1.165, 1.54) is 11.8 Å². The fraction of sp³-hybridized carbons (Fsp3) is 0.750. The fourth-order valence-corrected chi connectivity index (χ4v) is 1.40. The van der Waals surface area contributed by atoms with Crippen molar-refractivity contribution in [2.45, 2.75) is 12.5 Å². The molecule has 5 nitrogen and oxygen atoms in total. The summed E-state index contributed by atoms with van der Waals surface area (Å²) in [7, 11) is 0. The highest BCUT2D eigenvalue weighted by Crippen LogP contribution is 2.00. The van der Waals surface area contributed by atoms with Crippen molar-refractivity contribution in [1.29, 1.82) is 0 Å². The summed E-state index contributed by atoms with van der Waals surface area (Å²) in [5, 5.41) is 16.9. The smallest absolute Gasteiger partial charge is 0.335 e. The summed E-state index contributed by atoms with van der Waals surface area (Å²) in [6.45, 7) is 0.220. The van der Waals surface area contributed by atoms with E-state index >= 15 is 0 Å². The normalized spacial score (nSPS) is 12.1. The Morgan fingerprint density at radius 2 is 2.07 bits per heavy atom. The first-order valence-electron chi connectivity index (χ1n) is 4.31. The molecular weight excluding hydrogens is 240 g/mol. The third-order valence-corrected chi connectivity index (χ3v) is 2.43. The zero-order valence-electron chi connectivity index (χ0n) is 8.05. The van der Waals surface area contributed by atoms with Crippen molar-refractivity contribution in [1.82, 2.24) is 0 Å². The van der Waals surface area contributed by atoms with Crippen LogP contribution in [0.1, 0.15) is 6.42 Å². The molecule has 0 rings (SSSR count). The van der Waals surface area contributed by atoms with E-state index in [0.717, 1.165) is 0 Å². The summed E-state index contributed by atoms with van der Waals surface area (Å²) in [5.41, 5.74) is 0. The van der Waals surface area contributed by atoms with Crippen molar-refractivity contribution in [2.24, 2.45) is 0 Å². The van der Waals surface area contributed by atoms with Crippen molar-refractivity contribution in [3.05, 3.63) is 0 Å². The molecule has 0 aromatic carbocycles. The van der Waals surface area contributed by atoms with Gasteiger partial charge in [-0.3, -0.25) is 0 Å². The maximum Gasteiger partial charge on any atom is 0.335 e. The molecule has 0 aliphatic rings. The predicted molar refractivity (Wildman–Crippen MR) is 58.4 cm³/mol. The van der Waals surface area contributed by atoms with Gasteiger partial charge in [0.25, 0.3) is 0 Å². The Morgan fingerprint density at radius 3 is 2.60 bits per heavy atom. The Balaban J connectivity index is 3.51. The van der Waals surface area contributed by atoms with E-state index < -0.39 is 23.6 Å². The largest absolute Gasteiger partial charge is 0.742 e. The van der Waals surface area contributed by atoms with Crippen molar-refractivity contribution in [3.63, 3.8) is 0 Å². The standard InChI is InChI=1S/C8H14O5S2/c9-1-3-15-4-2-13-8(12)6(10)5-7(11)14/h6,9-10H,1-5H2,(H,11,14)/p-1. The number of aliphatic hydroxyl groups excluding tert-OH is 2. The maximum atomic E-state index is 11.0. The lowest BCUT2D eigenvalue weighted by atomic mass is 10.3. The summed E-state index contributed by atoms with van der Waals surface area (Å²) in [6.07, 6.45) is -1.85. The predicted octanol–water partition coefficient (Wildman–Crippen LogP) is -0.920. The van der Waals surface area contributed by atoms with Gasteiger partial charge >= 0.3 is 5.97 Å². The molecule has 0 bridgehead atoms. The molecule has 7 heteroatoms. The van der Waals surface area contributed by atoms with E-state index in [-0.39, 0.29) is 13.2 Å². The van der Waals surface area contributed by atoms with Crippen LogP contribution < -0.4 is 0 Å². The van der Waals surface area contributed by atoms with E-state index in [1.54, 1.807) is 0 Å². The summed E-state index contributed by atoms with van der Waals surface area (Å²) >= 11 is 5.63. The Kier molecular flexibility index (Phi) is 8.68. The first-order valence-corrected chi connectivity index (χ1v) is 5.87. The molecule has 0 saturated carbocycles.